The molecule has 0 spiro atoms. The second-order valence-electron chi connectivity index (χ2n) is 4.63. The number of nitrogens with two attached hydrogens (primary N) is 1. The number of hydrogen-bond donors (Lipinski definition) is 4. The van der Waals surface area contributed by atoms with Crippen molar-refractivity contribution in [3.63, 3.8) is 0 Å². The minimum Gasteiger partial charge on any atom is -0.325 e. The Balaban J connectivity index is 2.05. The SMILES string of the molecule is CCC[C@@H](N)C(=O)Nc1ccc(-c2cc(=O)[nH][nH]2)cc1. The molecule has 1 aromatic heterocycles. The van der Waals surface area contributed by atoms with Crippen molar-refractivity contribution in [2.75, 3.05) is 5.32 Å². The molecule has 0 fully saturated rings. The summed E-state index contributed by atoms with van der Waals surface area (Å²) in [5.41, 5.74) is 7.81. The molecular weight excluding hydrogens is 256 g/mol. The lowest BCUT2D eigenvalue weighted by Gasteiger charge is -2.11. The Morgan fingerprint density at radius 1 is 1.30 bits per heavy atom. The number of aromatic nitrogens is 2. The molecule has 106 valence electrons. The summed E-state index contributed by atoms with van der Waals surface area (Å²) in [6, 6.07) is 8.18. The van der Waals surface area contributed by atoms with Crippen molar-refractivity contribution in [3.05, 3.63) is 40.7 Å². The quantitative estimate of drug-likeness (QED) is 0.663. The van der Waals surface area contributed by atoms with Crippen LogP contribution >= 0.6 is 0 Å². The minimum atomic E-state index is -0.485. The zero-order valence-corrected chi connectivity index (χ0v) is 11.3. The van der Waals surface area contributed by atoms with E-state index in [9.17, 15) is 9.59 Å². The topological polar surface area (TPSA) is 104 Å². The normalized spacial score (nSPS) is 12.1. The number of amides is 1. The maximum absolute atomic E-state index is 11.8. The van der Waals surface area contributed by atoms with E-state index in [0.717, 1.165) is 12.0 Å². The number of carbonyl (C=O) groups excluding carboxylic acids is 1. The Labute approximate surface area is 116 Å². The molecule has 1 atom stereocenters. The van der Waals surface area contributed by atoms with Crippen LogP contribution in [0.1, 0.15) is 19.8 Å². The van der Waals surface area contributed by atoms with E-state index in [1.807, 2.05) is 19.1 Å². The Morgan fingerprint density at radius 2 is 2.00 bits per heavy atom. The fourth-order valence-electron chi connectivity index (χ4n) is 1.90. The molecule has 5 N–H and O–H groups in total. The van der Waals surface area contributed by atoms with E-state index in [1.54, 1.807) is 12.1 Å². The van der Waals surface area contributed by atoms with Gasteiger partial charge in [-0.2, -0.15) is 0 Å². The maximum atomic E-state index is 11.8. The van der Waals surface area contributed by atoms with Gasteiger partial charge in [0.05, 0.1) is 11.7 Å². The molecule has 0 bridgehead atoms. The van der Waals surface area contributed by atoms with Crippen LogP contribution in [0.5, 0.6) is 0 Å². The third kappa shape index (κ3) is 3.36. The van der Waals surface area contributed by atoms with Crippen molar-refractivity contribution in [2.24, 2.45) is 5.73 Å². The van der Waals surface area contributed by atoms with E-state index in [0.29, 0.717) is 17.8 Å². The number of rotatable bonds is 5. The number of carbonyl (C=O) groups is 1. The van der Waals surface area contributed by atoms with Gasteiger partial charge in [0.25, 0.3) is 5.56 Å². The van der Waals surface area contributed by atoms with Gasteiger partial charge in [0.2, 0.25) is 5.91 Å². The van der Waals surface area contributed by atoms with Gasteiger partial charge in [0, 0.05) is 11.8 Å². The molecular formula is C14H18N4O2. The molecule has 0 aliphatic carbocycles. The maximum Gasteiger partial charge on any atom is 0.264 e. The molecule has 6 heteroatoms. The van der Waals surface area contributed by atoms with Crippen LogP contribution in [0.15, 0.2) is 35.1 Å². The summed E-state index contributed by atoms with van der Waals surface area (Å²) in [4.78, 5) is 22.8. The third-order valence-electron chi connectivity index (χ3n) is 3.00. The average Bonchev–Trinajstić information content (AvgIpc) is 2.86. The molecule has 2 rings (SSSR count). The Hall–Kier alpha value is -2.34. The van der Waals surface area contributed by atoms with E-state index >= 15 is 0 Å². The van der Waals surface area contributed by atoms with Crippen LogP contribution in [0.4, 0.5) is 5.69 Å². The van der Waals surface area contributed by atoms with Crippen LogP contribution in [0.3, 0.4) is 0 Å². The van der Waals surface area contributed by atoms with Crippen molar-refractivity contribution in [1.29, 1.82) is 0 Å². The van der Waals surface area contributed by atoms with Crippen molar-refractivity contribution in [3.8, 4) is 11.3 Å². The Morgan fingerprint density at radius 3 is 2.55 bits per heavy atom. The predicted octanol–water partition coefficient (Wildman–Crippen LogP) is 1.44. The van der Waals surface area contributed by atoms with E-state index in [4.69, 9.17) is 5.73 Å². The van der Waals surface area contributed by atoms with Crippen LogP contribution < -0.4 is 16.6 Å². The fourth-order valence-corrected chi connectivity index (χ4v) is 1.90. The van der Waals surface area contributed by atoms with Gasteiger partial charge in [0.15, 0.2) is 0 Å². The fraction of sp³-hybridized carbons (Fsp3) is 0.286. The van der Waals surface area contributed by atoms with Crippen LogP contribution in [0.2, 0.25) is 0 Å². The molecule has 0 radical (unpaired) electrons. The smallest absolute Gasteiger partial charge is 0.264 e. The van der Waals surface area contributed by atoms with Crippen molar-refractivity contribution < 1.29 is 4.79 Å². The monoisotopic (exact) mass is 274 g/mol. The number of aromatic amines is 2. The van der Waals surface area contributed by atoms with Gasteiger partial charge in [-0.1, -0.05) is 25.5 Å². The molecule has 20 heavy (non-hydrogen) atoms. The molecule has 6 nitrogen and oxygen atoms in total. The third-order valence-corrected chi connectivity index (χ3v) is 3.00. The molecule has 0 aliphatic rings. The van der Waals surface area contributed by atoms with Crippen molar-refractivity contribution >= 4 is 11.6 Å². The lowest BCUT2D eigenvalue weighted by Crippen LogP contribution is -2.35. The van der Waals surface area contributed by atoms with Gasteiger partial charge in [0.1, 0.15) is 0 Å². The molecule has 0 saturated heterocycles. The highest BCUT2D eigenvalue weighted by Crippen LogP contribution is 2.18. The zero-order chi connectivity index (χ0) is 14.5. The molecule has 2 aromatic rings. The Kier molecular flexibility index (Phi) is 4.37. The first-order valence-electron chi connectivity index (χ1n) is 6.54. The van der Waals surface area contributed by atoms with Crippen LogP contribution in [-0.4, -0.2) is 22.1 Å². The molecule has 0 saturated carbocycles. The van der Waals surface area contributed by atoms with Gasteiger partial charge in [-0.25, -0.2) is 0 Å². The van der Waals surface area contributed by atoms with Gasteiger partial charge >= 0.3 is 0 Å². The largest absolute Gasteiger partial charge is 0.325 e. The van der Waals surface area contributed by atoms with Gasteiger partial charge < -0.3 is 11.1 Å². The number of benzene rings is 1. The first kappa shape index (κ1) is 14.1. The van der Waals surface area contributed by atoms with E-state index in [1.165, 1.54) is 6.07 Å². The predicted molar refractivity (Wildman–Crippen MR) is 78.4 cm³/mol. The summed E-state index contributed by atoms with van der Waals surface area (Å²) in [6.07, 6.45) is 1.53. The standard InChI is InChI=1S/C14H18N4O2/c1-2-3-11(15)14(20)16-10-6-4-9(5-7-10)12-8-13(19)18-17-12/h4-8,11H,2-3,15H2,1H3,(H,16,20)(H2,17,18,19)/t11-/m1/s1. The second-order valence-corrected chi connectivity index (χ2v) is 4.63. The Bertz CT molecular complexity index is 627. The molecule has 0 unspecified atom stereocenters. The van der Waals surface area contributed by atoms with Crippen molar-refractivity contribution in [1.82, 2.24) is 10.2 Å². The second kappa shape index (κ2) is 6.21. The number of anilines is 1. The highest BCUT2D eigenvalue weighted by molar-refractivity contribution is 5.94. The highest BCUT2D eigenvalue weighted by Gasteiger charge is 2.12. The number of H-pyrrole nitrogens is 2. The minimum absolute atomic E-state index is 0.178. The van der Waals surface area contributed by atoms with Crippen LogP contribution in [0.25, 0.3) is 11.3 Å². The van der Waals surface area contributed by atoms with E-state index in [-0.39, 0.29) is 11.5 Å². The van der Waals surface area contributed by atoms with Gasteiger partial charge in [-0.05, 0) is 24.1 Å². The summed E-state index contributed by atoms with van der Waals surface area (Å²) in [5, 5.41) is 8.01. The van der Waals surface area contributed by atoms with Crippen LogP contribution in [0, 0.1) is 0 Å². The van der Waals surface area contributed by atoms with E-state index < -0.39 is 6.04 Å². The lowest BCUT2D eigenvalue weighted by atomic mass is 10.1. The molecule has 1 amide bonds. The van der Waals surface area contributed by atoms with Gasteiger partial charge in [-0.3, -0.25) is 19.8 Å². The first-order chi connectivity index (χ1) is 9.60. The number of nitrogens with one attached hydrogen (secondary N) is 3. The van der Waals surface area contributed by atoms with Gasteiger partial charge in [-0.15, -0.1) is 0 Å². The van der Waals surface area contributed by atoms with Crippen molar-refractivity contribution in [2.45, 2.75) is 25.8 Å². The highest BCUT2D eigenvalue weighted by atomic mass is 16.2. The molecule has 0 aliphatic heterocycles. The summed E-state index contributed by atoms with van der Waals surface area (Å²) in [7, 11) is 0. The summed E-state index contributed by atoms with van der Waals surface area (Å²) in [6.45, 7) is 1.99. The zero-order valence-electron chi connectivity index (χ0n) is 11.3. The lowest BCUT2D eigenvalue weighted by molar-refractivity contribution is -0.117. The number of hydrogen-bond acceptors (Lipinski definition) is 3. The first-order valence-corrected chi connectivity index (χ1v) is 6.54. The molecule has 1 heterocycles. The van der Waals surface area contributed by atoms with E-state index in [2.05, 4.69) is 15.5 Å². The summed E-state index contributed by atoms with van der Waals surface area (Å²) in [5.74, 6) is -0.186. The summed E-state index contributed by atoms with van der Waals surface area (Å²) >= 11 is 0. The molecule has 1 aromatic carbocycles. The summed E-state index contributed by atoms with van der Waals surface area (Å²) < 4.78 is 0. The average molecular weight is 274 g/mol. The van der Waals surface area contributed by atoms with Crippen LogP contribution in [-0.2, 0) is 4.79 Å².